The van der Waals surface area contributed by atoms with Crippen molar-refractivity contribution in [2.45, 2.75) is 0 Å². The van der Waals surface area contributed by atoms with Gasteiger partial charge < -0.3 is 4.74 Å². The second kappa shape index (κ2) is 4.38. The summed E-state index contributed by atoms with van der Waals surface area (Å²) in [5.41, 5.74) is -1.01. The molecule has 0 radical (unpaired) electrons. The van der Waals surface area contributed by atoms with Crippen LogP contribution in [0.15, 0.2) is 12.1 Å². The van der Waals surface area contributed by atoms with Gasteiger partial charge in [-0.25, -0.2) is 4.79 Å². The molecule has 6 heteroatoms. The first-order valence-electron chi connectivity index (χ1n) is 3.02. The van der Waals surface area contributed by atoms with Gasteiger partial charge in [0.25, 0.3) is 0 Å². The van der Waals surface area contributed by atoms with Crippen molar-refractivity contribution < 1.29 is 9.53 Å². The number of rotatable bonds is 1. The van der Waals surface area contributed by atoms with Crippen LogP contribution in [0.4, 0.5) is 4.79 Å². The van der Waals surface area contributed by atoms with Crippen LogP contribution in [-0.4, -0.2) is 5.43 Å². The van der Waals surface area contributed by atoms with E-state index in [1.807, 2.05) is 0 Å². The van der Waals surface area contributed by atoms with Crippen molar-refractivity contribution in [1.82, 2.24) is 0 Å². The van der Waals surface area contributed by atoms with E-state index in [0.717, 1.165) is 0 Å². The molecule has 0 saturated carbocycles. The molecular weight excluding hydrogens is 258 g/mol. The standard InChI is InChI=1S/C7H2Cl4O2/c8-3-1-4(9)6(5(10)2-3)13-7(11)12/h1-2H. The lowest BCUT2D eigenvalue weighted by Crippen LogP contribution is -1.97. The minimum Gasteiger partial charge on any atom is -0.411 e. The van der Waals surface area contributed by atoms with Crippen molar-refractivity contribution in [3.63, 3.8) is 0 Å². The molecule has 0 spiro atoms. The highest BCUT2D eigenvalue weighted by atomic mass is 35.5. The van der Waals surface area contributed by atoms with Gasteiger partial charge in [0.15, 0.2) is 5.75 Å². The van der Waals surface area contributed by atoms with Gasteiger partial charge in [-0.3, -0.25) is 0 Å². The summed E-state index contributed by atoms with van der Waals surface area (Å²) in [5.74, 6) is 0.00716. The fourth-order valence-electron chi connectivity index (χ4n) is 0.707. The predicted octanol–water partition coefficient (Wildman–Crippen LogP) is 4.38. The maximum Gasteiger partial charge on any atom is 0.409 e. The van der Waals surface area contributed by atoms with Crippen LogP contribution in [0.5, 0.6) is 5.75 Å². The molecule has 0 aliphatic heterocycles. The Morgan fingerprint density at radius 1 is 1.15 bits per heavy atom. The van der Waals surface area contributed by atoms with Gasteiger partial charge in [-0.1, -0.05) is 34.8 Å². The molecular formula is C7H2Cl4O2. The minimum atomic E-state index is -1.01. The van der Waals surface area contributed by atoms with E-state index in [0.29, 0.717) is 5.02 Å². The number of halogens is 4. The van der Waals surface area contributed by atoms with Crippen LogP contribution >= 0.6 is 46.4 Å². The van der Waals surface area contributed by atoms with Gasteiger partial charge in [0.1, 0.15) is 0 Å². The van der Waals surface area contributed by atoms with Gasteiger partial charge in [0, 0.05) is 16.6 Å². The molecule has 0 heterocycles. The number of ether oxygens (including phenoxy) is 1. The minimum absolute atomic E-state index is 0.00716. The molecule has 0 fully saturated rings. The Morgan fingerprint density at radius 2 is 1.62 bits per heavy atom. The SMILES string of the molecule is O=C(Cl)Oc1c(Cl)cc(Cl)cc1Cl. The Morgan fingerprint density at radius 3 is 2.00 bits per heavy atom. The first-order chi connectivity index (χ1) is 6.00. The third kappa shape index (κ3) is 2.92. The van der Waals surface area contributed by atoms with Gasteiger partial charge in [-0.05, 0) is 12.1 Å². The second-order valence-electron chi connectivity index (χ2n) is 2.04. The summed E-state index contributed by atoms with van der Waals surface area (Å²) in [6.45, 7) is 0. The molecule has 0 bridgehead atoms. The van der Waals surface area contributed by atoms with Crippen LogP contribution in [0.1, 0.15) is 0 Å². The fraction of sp³-hybridized carbons (Fsp3) is 0. The van der Waals surface area contributed by atoms with E-state index in [-0.39, 0.29) is 15.8 Å². The highest BCUT2D eigenvalue weighted by Gasteiger charge is 2.11. The molecule has 0 saturated heterocycles. The van der Waals surface area contributed by atoms with Crippen molar-refractivity contribution in [1.29, 1.82) is 0 Å². The maximum absolute atomic E-state index is 10.4. The Bertz CT molecular complexity index is 327. The average Bonchev–Trinajstić information content (AvgIpc) is 1.96. The van der Waals surface area contributed by atoms with E-state index in [1.54, 1.807) is 0 Å². The molecule has 2 nitrogen and oxygen atoms in total. The molecule has 13 heavy (non-hydrogen) atoms. The topological polar surface area (TPSA) is 26.3 Å². The summed E-state index contributed by atoms with van der Waals surface area (Å²) in [4.78, 5) is 10.4. The Hall–Kier alpha value is -0.150. The first kappa shape index (κ1) is 10.9. The lowest BCUT2D eigenvalue weighted by Gasteiger charge is -2.05. The van der Waals surface area contributed by atoms with Crippen LogP contribution in [0.2, 0.25) is 15.1 Å². The van der Waals surface area contributed by atoms with Crippen LogP contribution in [0.3, 0.4) is 0 Å². The van der Waals surface area contributed by atoms with Crippen molar-refractivity contribution in [3.05, 3.63) is 27.2 Å². The molecule has 1 rings (SSSR count). The van der Waals surface area contributed by atoms with E-state index >= 15 is 0 Å². The number of hydrogen-bond donors (Lipinski definition) is 0. The predicted molar refractivity (Wildman–Crippen MR) is 53.3 cm³/mol. The molecule has 0 unspecified atom stereocenters. The summed E-state index contributed by atoms with van der Waals surface area (Å²) in [6, 6.07) is 2.79. The number of carbonyl (C=O) groups is 1. The van der Waals surface area contributed by atoms with Crippen LogP contribution in [-0.2, 0) is 0 Å². The van der Waals surface area contributed by atoms with Gasteiger partial charge in [-0.15, -0.1) is 0 Å². The zero-order chi connectivity index (χ0) is 10.0. The maximum atomic E-state index is 10.4. The number of hydrogen-bond acceptors (Lipinski definition) is 2. The Labute approximate surface area is 94.3 Å². The summed E-state index contributed by atoms with van der Waals surface area (Å²) >= 11 is 21.9. The third-order valence-electron chi connectivity index (χ3n) is 1.15. The highest BCUT2D eigenvalue weighted by Crippen LogP contribution is 2.36. The largest absolute Gasteiger partial charge is 0.411 e. The highest BCUT2D eigenvalue weighted by molar-refractivity contribution is 6.61. The lowest BCUT2D eigenvalue weighted by molar-refractivity contribution is 0.225. The zero-order valence-electron chi connectivity index (χ0n) is 5.98. The van der Waals surface area contributed by atoms with Crippen molar-refractivity contribution >= 4 is 51.8 Å². The Kier molecular flexibility index (Phi) is 3.68. The Balaban J connectivity index is 3.13. The first-order valence-corrected chi connectivity index (χ1v) is 4.53. The van der Waals surface area contributed by atoms with Gasteiger partial charge in [0.05, 0.1) is 10.0 Å². The van der Waals surface area contributed by atoms with Crippen LogP contribution in [0, 0.1) is 0 Å². The molecule has 0 aliphatic rings. The van der Waals surface area contributed by atoms with Crippen LogP contribution < -0.4 is 4.74 Å². The van der Waals surface area contributed by atoms with E-state index in [4.69, 9.17) is 46.4 Å². The normalized spacial score (nSPS) is 9.85. The smallest absolute Gasteiger partial charge is 0.409 e. The summed E-state index contributed by atoms with van der Waals surface area (Å²) < 4.78 is 4.53. The summed E-state index contributed by atoms with van der Waals surface area (Å²) in [5, 5.41) is 0.613. The fourth-order valence-corrected chi connectivity index (χ4v) is 1.68. The van der Waals surface area contributed by atoms with E-state index < -0.39 is 5.43 Å². The molecule has 1 aromatic rings. The van der Waals surface area contributed by atoms with Gasteiger partial charge in [-0.2, -0.15) is 0 Å². The van der Waals surface area contributed by atoms with Crippen LogP contribution in [0.25, 0.3) is 0 Å². The molecule has 0 atom stereocenters. The summed E-state index contributed by atoms with van der Waals surface area (Å²) in [6.07, 6.45) is 0. The molecule has 0 N–H and O–H groups in total. The molecule has 0 aliphatic carbocycles. The zero-order valence-corrected chi connectivity index (χ0v) is 9.01. The molecule has 70 valence electrons. The molecule has 0 aromatic heterocycles. The lowest BCUT2D eigenvalue weighted by atomic mass is 10.3. The van der Waals surface area contributed by atoms with Gasteiger partial charge >= 0.3 is 5.43 Å². The number of benzene rings is 1. The summed E-state index contributed by atoms with van der Waals surface area (Å²) in [7, 11) is 0. The second-order valence-corrected chi connectivity index (χ2v) is 3.60. The quantitative estimate of drug-likeness (QED) is 0.700. The monoisotopic (exact) mass is 258 g/mol. The van der Waals surface area contributed by atoms with Gasteiger partial charge in [0.2, 0.25) is 0 Å². The van der Waals surface area contributed by atoms with E-state index in [2.05, 4.69) is 4.74 Å². The van der Waals surface area contributed by atoms with E-state index in [1.165, 1.54) is 12.1 Å². The van der Waals surface area contributed by atoms with Crippen molar-refractivity contribution in [2.24, 2.45) is 0 Å². The average molecular weight is 260 g/mol. The molecule has 0 amide bonds. The van der Waals surface area contributed by atoms with Crippen molar-refractivity contribution in [2.75, 3.05) is 0 Å². The number of carbonyl (C=O) groups excluding carboxylic acids is 1. The molecule has 1 aromatic carbocycles. The third-order valence-corrected chi connectivity index (χ3v) is 2.00. The van der Waals surface area contributed by atoms with Crippen molar-refractivity contribution in [3.8, 4) is 5.75 Å². The van der Waals surface area contributed by atoms with E-state index in [9.17, 15) is 4.79 Å².